The Balaban J connectivity index is 2.21. The number of hydrogen-bond donors (Lipinski definition) is 1. The molecule has 1 N–H and O–H groups in total. The molecule has 0 radical (unpaired) electrons. The quantitative estimate of drug-likeness (QED) is 0.567. The smallest absolute Gasteiger partial charge is 0.344 e. The normalized spacial score (nSPS) is 17.5. The van der Waals surface area contributed by atoms with Gasteiger partial charge in [-0.15, -0.1) is 0 Å². The molecule has 1 saturated carbocycles. The number of hydrogen-bond acceptors (Lipinski definition) is 4. The van der Waals surface area contributed by atoms with E-state index in [0.717, 1.165) is 45.2 Å². The number of esters is 1. The molecule has 0 saturated heterocycles. The zero-order chi connectivity index (χ0) is 20.6. The molecule has 1 fully saturated rings. The van der Waals surface area contributed by atoms with Crippen LogP contribution in [0.25, 0.3) is 0 Å². The summed E-state index contributed by atoms with van der Waals surface area (Å²) in [6.45, 7) is 10.3. The summed E-state index contributed by atoms with van der Waals surface area (Å²) in [7, 11) is 0. The Hall–Kier alpha value is -1.83. The molecule has 0 unspecified atom stereocenters. The van der Waals surface area contributed by atoms with Gasteiger partial charge in [0.25, 0.3) is 0 Å². The molecule has 28 heavy (non-hydrogen) atoms. The lowest BCUT2D eigenvalue weighted by Gasteiger charge is -2.38. The Morgan fingerprint density at radius 2 is 1.75 bits per heavy atom. The fraction of sp³-hybridized carbons (Fsp3) is 0.625. The van der Waals surface area contributed by atoms with Gasteiger partial charge in [-0.05, 0) is 45.3 Å². The molecule has 0 amide bonds. The van der Waals surface area contributed by atoms with Crippen molar-refractivity contribution in [3.8, 4) is 11.8 Å². The Bertz CT molecular complexity index is 679. The maximum absolute atomic E-state index is 13.2. The lowest BCUT2D eigenvalue weighted by atomic mass is 9.73. The van der Waals surface area contributed by atoms with Crippen LogP contribution in [0.2, 0.25) is 0 Å². The lowest BCUT2D eigenvalue weighted by Crippen LogP contribution is -2.47. The van der Waals surface area contributed by atoms with Crippen LogP contribution in [0.4, 0.5) is 0 Å². The molecule has 0 heterocycles. The van der Waals surface area contributed by atoms with Crippen LogP contribution in [0.15, 0.2) is 30.3 Å². The summed E-state index contributed by atoms with van der Waals surface area (Å²) in [6, 6.07) is 9.22. The molecular formula is C24H35NO3. The summed E-state index contributed by atoms with van der Waals surface area (Å²) in [6.07, 6.45) is 4.86. The number of rotatable bonds is 7. The highest BCUT2D eigenvalue weighted by molar-refractivity contribution is 5.82. The summed E-state index contributed by atoms with van der Waals surface area (Å²) in [5.41, 5.74) is -1.97. The van der Waals surface area contributed by atoms with E-state index in [0.29, 0.717) is 12.1 Å². The van der Waals surface area contributed by atoms with Crippen LogP contribution in [0.3, 0.4) is 0 Å². The van der Waals surface area contributed by atoms with Gasteiger partial charge in [-0.2, -0.15) is 0 Å². The van der Waals surface area contributed by atoms with Crippen LogP contribution in [-0.2, 0) is 15.1 Å². The number of nitrogens with zero attached hydrogens (tertiary/aromatic N) is 1. The van der Waals surface area contributed by atoms with E-state index in [4.69, 9.17) is 4.74 Å². The van der Waals surface area contributed by atoms with Gasteiger partial charge in [0.1, 0.15) is 0 Å². The second-order valence-electron chi connectivity index (χ2n) is 8.13. The molecule has 0 spiro atoms. The van der Waals surface area contributed by atoms with Gasteiger partial charge >= 0.3 is 5.97 Å². The minimum atomic E-state index is -1.63. The average Bonchev–Trinajstić information content (AvgIpc) is 2.71. The Morgan fingerprint density at radius 1 is 1.14 bits per heavy atom. The molecule has 4 heteroatoms. The Labute approximate surface area is 170 Å². The fourth-order valence-electron chi connectivity index (χ4n) is 3.88. The first kappa shape index (κ1) is 22.5. The molecule has 4 nitrogen and oxygen atoms in total. The van der Waals surface area contributed by atoms with Crippen molar-refractivity contribution in [2.45, 2.75) is 71.0 Å². The lowest BCUT2D eigenvalue weighted by molar-refractivity contribution is -0.184. The summed E-state index contributed by atoms with van der Waals surface area (Å²) < 4.78 is 5.78. The van der Waals surface area contributed by atoms with E-state index < -0.39 is 17.2 Å². The topological polar surface area (TPSA) is 49.8 Å². The first-order valence-corrected chi connectivity index (χ1v) is 10.6. The van der Waals surface area contributed by atoms with Gasteiger partial charge in [-0.1, -0.05) is 75.3 Å². The molecule has 2 rings (SSSR count). The Kier molecular flexibility index (Phi) is 8.10. The molecule has 1 aromatic carbocycles. The third-order valence-corrected chi connectivity index (χ3v) is 5.66. The second kappa shape index (κ2) is 10.1. The molecule has 0 aliphatic heterocycles. The summed E-state index contributed by atoms with van der Waals surface area (Å²) in [4.78, 5) is 15.4. The molecule has 1 aliphatic rings. The average molecular weight is 386 g/mol. The van der Waals surface area contributed by atoms with Crippen molar-refractivity contribution in [1.82, 2.24) is 4.90 Å². The van der Waals surface area contributed by atoms with Crippen LogP contribution >= 0.6 is 0 Å². The van der Waals surface area contributed by atoms with E-state index in [1.54, 1.807) is 13.8 Å². The van der Waals surface area contributed by atoms with E-state index in [9.17, 15) is 9.90 Å². The first-order valence-electron chi connectivity index (χ1n) is 10.6. The first-order chi connectivity index (χ1) is 13.3. The van der Waals surface area contributed by atoms with Crippen molar-refractivity contribution in [2.75, 3.05) is 19.6 Å². The minimum Gasteiger partial charge on any atom is -0.444 e. The van der Waals surface area contributed by atoms with Gasteiger partial charge in [0.05, 0.1) is 6.54 Å². The van der Waals surface area contributed by atoms with E-state index >= 15 is 0 Å². The van der Waals surface area contributed by atoms with Crippen LogP contribution in [-0.4, -0.2) is 41.2 Å². The molecule has 154 valence electrons. The van der Waals surface area contributed by atoms with Gasteiger partial charge in [-0.25, -0.2) is 4.79 Å². The third kappa shape index (κ3) is 5.59. The van der Waals surface area contributed by atoms with Crippen LogP contribution in [0, 0.1) is 17.8 Å². The highest BCUT2D eigenvalue weighted by atomic mass is 16.6. The Morgan fingerprint density at radius 3 is 2.32 bits per heavy atom. The third-order valence-electron chi connectivity index (χ3n) is 5.66. The van der Waals surface area contributed by atoms with Gasteiger partial charge in [0.2, 0.25) is 0 Å². The van der Waals surface area contributed by atoms with Crippen molar-refractivity contribution in [2.24, 2.45) is 5.92 Å². The van der Waals surface area contributed by atoms with E-state index in [1.165, 1.54) is 0 Å². The largest absolute Gasteiger partial charge is 0.444 e. The van der Waals surface area contributed by atoms with Crippen molar-refractivity contribution in [3.05, 3.63) is 35.9 Å². The van der Waals surface area contributed by atoms with Crippen molar-refractivity contribution in [1.29, 1.82) is 0 Å². The number of benzene rings is 1. The second-order valence-corrected chi connectivity index (χ2v) is 8.13. The summed E-state index contributed by atoms with van der Waals surface area (Å²) in [5.74, 6) is 5.47. The molecular weight excluding hydrogens is 350 g/mol. The van der Waals surface area contributed by atoms with Gasteiger partial charge in [-0.3, -0.25) is 4.90 Å². The standard InChI is InChI=1S/C24H35NO3/c1-5-25(6-2)19-13-18-23(3,4)28-22(26)24(27,20-14-9-7-10-15-20)21-16-11-8-12-17-21/h7,9-10,14-15,21,27H,5-6,8,11-12,16-17,19H2,1-4H3/t24-/m0/s1. The number of aliphatic hydroxyl groups is 1. The predicted molar refractivity (Wildman–Crippen MR) is 113 cm³/mol. The number of ether oxygens (including phenoxy) is 1. The predicted octanol–water partition coefficient (Wildman–Crippen LogP) is 4.12. The van der Waals surface area contributed by atoms with E-state index in [-0.39, 0.29) is 5.92 Å². The molecule has 0 aromatic heterocycles. The summed E-state index contributed by atoms with van der Waals surface area (Å²) in [5, 5.41) is 11.6. The fourth-order valence-corrected chi connectivity index (χ4v) is 3.88. The molecule has 1 aliphatic carbocycles. The maximum Gasteiger partial charge on any atom is 0.344 e. The number of carbonyl (C=O) groups excluding carboxylic acids is 1. The summed E-state index contributed by atoms with van der Waals surface area (Å²) >= 11 is 0. The van der Waals surface area contributed by atoms with Crippen LogP contribution in [0.5, 0.6) is 0 Å². The van der Waals surface area contributed by atoms with Gasteiger partial charge in [0.15, 0.2) is 11.2 Å². The minimum absolute atomic E-state index is 0.129. The SMILES string of the molecule is CCN(CC)CC#CC(C)(C)OC(=O)[C@](O)(c1ccccc1)C1CCCCC1. The van der Waals surface area contributed by atoms with Crippen LogP contribution in [0.1, 0.15) is 65.4 Å². The monoisotopic (exact) mass is 385 g/mol. The van der Waals surface area contributed by atoms with Crippen molar-refractivity contribution < 1.29 is 14.6 Å². The van der Waals surface area contributed by atoms with Crippen LogP contribution < -0.4 is 0 Å². The van der Waals surface area contributed by atoms with Gasteiger partial charge in [0, 0.05) is 5.92 Å². The highest BCUT2D eigenvalue weighted by Gasteiger charge is 2.48. The molecule has 1 aromatic rings. The molecule has 0 bridgehead atoms. The maximum atomic E-state index is 13.2. The van der Waals surface area contributed by atoms with Crippen molar-refractivity contribution >= 4 is 5.97 Å². The van der Waals surface area contributed by atoms with E-state index in [2.05, 4.69) is 30.6 Å². The zero-order valence-corrected chi connectivity index (χ0v) is 17.8. The number of carbonyl (C=O) groups is 1. The highest BCUT2D eigenvalue weighted by Crippen LogP contribution is 2.41. The van der Waals surface area contributed by atoms with Gasteiger partial charge < -0.3 is 9.84 Å². The molecule has 1 atom stereocenters. The van der Waals surface area contributed by atoms with Crippen molar-refractivity contribution in [3.63, 3.8) is 0 Å². The zero-order valence-electron chi connectivity index (χ0n) is 17.8. The van der Waals surface area contributed by atoms with E-state index in [1.807, 2.05) is 30.3 Å².